The first kappa shape index (κ1) is 17.8. The first-order chi connectivity index (χ1) is 12.6. The fourth-order valence-electron chi connectivity index (χ4n) is 2.93. The number of carbonyl (C=O) groups is 3. The van der Waals surface area contributed by atoms with E-state index in [9.17, 15) is 14.4 Å². The lowest BCUT2D eigenvalue weighted by Gasteiger charge is -2.34. The molecule has 0 bridgehead atoms. The van der Waals surface area contributed by atoms with Crippen molar-refractivity contribution >= 4 is 29.6 Å². The lowest BCUT2D eigenvalue weighted by atomic mass is 10.2. The second kappa shape index (κ2) is 7.94. The van der Waals surface area contributed by atoms with E-state index >= 15 is 0 Å². The van der Waals surface area contributed by atoms with Crippen LogP contribution in [-0.4, -0.2) is 74.0 Å². The van der Waals surface area contributed by atoms with Gasteiger partial charge in [0.25, 0.3) is 0 Å². The highest BCUT2D eigenvalue weighted by atomic mass is 16.6. The van der Waals surface area contributed by atoms with Gasteiger partial charge in [0, 0.05) is 26.2 Å². The highest BCUT2D eigenvalue weighted by Crippen LogP contribution is 2.28. The minimum atomic E-state index is -0.422. The zero-order valence-corrected chi connectivity index (χ0v) is 14.6. The number of hydrogen-bond donors (Lipinski definition) is 1. The van der Waals surface area contributed by atoms with Gasteiger partial charge in [-0.15, -0.1) is 0 Å². The predicted octanol–water partition coefficient (Wildman–Crippen LogP) is 1.95. The Morgan fingerprint density at radius 2 is 1.81 bits per heavy atom. The van der Waals surface area contributed by atoms with E-state index in [0.717, 1.165) is 0 Å². The second-order valence-electron chi connectivity index (χ2n) is 5.89. The summed E-state index contributed by atoms with van der Waals surface area (Å²) >= 11 is 0. The average molecular weight is 362 g/mol. The molecule has 2 aliphatic heterocycles. The number of carbonyl (C=O) groups excluding carboxylic acids is 3. The third-order valence-corrected chi connectivity index (χ3v) is 4.29. The number of hydrogen-bond acceptors (Lipinski definition) is 5. The van der Waals surface area contributed by atoms with Gasteiger partial charge in [-0.3, -0.25) is 4.90 Å². The van der Waals surface area contributed by atoms with Crippen molar-refractivity contribution in [3.63, 3.8) is 0 Å². The Hall–Kier alpha value is -2.97. The number of para-hydroxylation sites is 2. The van der Waals surface area contributed by atoms with Crippen LogP contribution in [0.25, 0.3) is 0 Å². The predicted molar refractivity (Wildman–Crippen MR) is 94.3 cm³/mol. The number of amides is 4. The van der Waals surface area contributed by atoms with Gasteiger partial charge in [0.1, 0.15) is 6.61 Å². The van der Waals surface area contributed by atoms with E-state index in [4.69, 9.17) is 9.47 Å². The molecule has 1 N–H and O–H groups in total. The van der Waals surface area contributed by atoms with E-state index in [1.807, 2.05) is 0 Å². The van der Waals surface area contributed by atoms with E-state index in [1.54, 1.807) is 41.0 Å². The van der Waals surface area contributed by atoms with Crippen molar-refractivity contribution in [3.05, 3.63) is 24.3 Å². The van der Waals surface area contributed by atoms with Gasteiger partial charge < -0.3 is 24.6 Å². The molecule has 0 unspecified atom stereocenters. The molecule has 2 aliphatic rings. The summed E-state index contributed by atoms with van der Waals surface area (Å²) in [6, 6.07) is 6.83. The Balaban J connectivity index is 1.61. The lowest BCUT2D eigenvalue weighted by Crippen LogP contribution is -2.51. The fraction of sp³-hybridized carbons (Fsp3) is 0.471. The molecule has 26 heavy (non-hydrogen) atoms. The van der Waals surface area contributed by atoms with Crippen molar-refractivity contribution < 1.29 is 23.9 Å². The number of ether oxygens (including phenoxy) is 2. The molecule has 0 spiro atoms. The molecule has 1 aromatic rings. The van der Waals surface area contributed by atoms with Crippen molar-refractivity contribution in [1.29, 1.82) is 0 Å². The number of benzene rings is 1. The fourth-order valence-corrected chi connectivity index (χ4v) is 2.93. The van der Waals surface area contributed by atoms with Gasteiger partial charge in [0.2, 0.25) is 0 Å². The Labute approximate surface area is 151 Å². The highest BCUT2D eigenvalue weighted by Gasteiger charge is 2.28. The smallest absolute Gasteiger partial charge is 0.414 e. The molecule has 0 saturated carbocycles. The molecule has 0 radical (unpaired) electrons. The molecule has 4 amide bonds. The number of nitrogens with zero attached hydrogens (tertiary/aromatic N) is 3. The van der Waals surface area contributed by atoms with Gasteiger partial charge in [0.15, 0.2) is 0 Å². The number of rotatable bonds is 3. The van der Waals surface area contributed by atoms with Crippen LogP contribution in [0.2, 0.25) is 0 Å². The van der Waals surface area contributed by atoms with E-state index in [0.29, 0.717) is 57.3 Å². The summed E-state index contributed by atoms with van der Waals surface area (Å²) in [6.07, 6.45) is -0.778. The summed E-state index contributed by atoms with van der Waals surface area (Å²) in [7, 11) is 0. The summed E-state index contributed by atoms with van der Waals surface area (Å²) in [6.45, 7) is 4.54. The van der Waals surface area contributed by atoms with Crippen molar-refractivity contribution in [3.8, 4) is 0 Å². The normalized spacial score (nSPS) is 17.1. The third-order valence-electron chi connectivity index (χ3n) is 4.29. The quantitative estimate of drug-likeness (QED) is 0.887. The van der Waals surface area contributed by atoms with E-state index in [2.05, 4.69) is 5.32 Å². The van der Waals surface area contributed by atoms with Gasteiger partial charge in [-0.1, -0.05) is 12.1 Å². The van der Waals surface area contributed by atoms with Gasteiger partial charge in [0.05, 0.1) is 24.5 Å². The molecule has 0 aliphatic carbocycles. The highest BCUT2D eigenvalue weighted by molar-refractivity contribution is 5.99. The molecule has 9 nitrogen and oxygen atoms in total. The van der Waals surface area contributed by atoms with Gasteiger partial charge in [-0.2, -0.15) is 0 Å². The lowest BCUT2D eigenvalue weighted by molar-refractivity contribution is 0.0868. The summed E-state index contributed by atoms with van der Waals surface area (Å²) in [4.78, 5) is 40.8. The van der Waals surface area contributed by atoms with Crippen molar-refractivity contribution in [2.24, 2.45) is 0 Å². The number of urea groups is 1. The molecule has 1 aromatic carbocycles. The van der Waals surface area contributed by atoms with Crippen LogP contribution in [0.1, 0.15) is 6.92 Å². The largest absolute Gasteiger partial charge is 0.450 e. The standard InChI is InChI=1S/C17H22N4O5/c1-2-25-16(23)20-9-7-19(8-10-20)15(22)18-13-5-3-4-6-14(13)21-11-12-26-17(21)24/h3-6H,2,7-12H2,1H3,(H,18,22). The van der Waals surface area contributed by atoms with E-state index in [-0.39, 0.29) is 12.1 Å². The SMILES string of the molecule is CCOC(=O)N1CCN(C(=O)Nc2ccccc2N2CCOC2=O)CC1. The van der Waals surface area contributed by atoms with Crippen LogP contribution in [0.4, 0.5) is 25.8 Å². The second-order valence-corrected chi connectivity index (χ2v) is 5.89. The van der Waals surface area contributed by atoms with E-state index < -0.39 is 6.09 Å². The molecule has 0 atom stereocenters. The molecule has 2 heterocycles. The maximum absolute atomic E-state index is 12.6. The maximum Gasteiger partial charge on any atom is 0.414 e. The first-order valence-electron chi connectivity index (χ1n) is 8.61. The number of anilines is 2. The number of cyclic esters (lactones) is 1. The van der Waals surface area contributed by atoms with Gasteiger partial charge in [-0.05, 0) is 19.1 Å². The number of nitrogens with one attached hydrogen (secondary N) is 1. The van der Waals surface area contributed by atoms with Crippen LogP contribution in [0.15, 0.2) is 24.3 Å². The summed E-state index contributed by atoms with van der Waals surface area (Å²) < 4.78 is 9.94. The molecular formula is C17H22N4O5. The topological polar surface area (TPSA) is 91.4 Å². The summed E-state index contributed by atoms with van der Waals surface area (Å²) in [5, 5.41) is 2.85. The molecule has 3 rings (SSSR count). The van der Waals surface area contributed by atoms with Crippen LogP contribution >= 0.6 is 0 Å². The van der Waals surface area contributed by atoms with Crippen molar-refractivity contribution in [2.45, 2.75) is 6.92 Å². The van der Waals surface area contributed by atoms with Crippen molar-refractivity contribution in [1.82, 2.24) is 9.80 Å². The average Bonchev–Trinajstić information content (AvgIpc) is 3.08. The summed E-state index contributed by atoms with van der Waals surface area (Å²) in [5.74, 6) is 0. The molecular weight excluding hydrogens is 340 g/mol. The number of piperazine rings is 1. The zero-order chi connectivity index (χ0) is 18.5. The molecule has 9 heteroatoms. The van der Waals surface area contributed by atoms with E-state index in [1.165, 1.54) is 4.90 Å². The molecule has 140 valence electrons. The van der Waals surface area contributed by atoms with Crippen LogP contribution in [-0.2, 0) is 9.47 Å². The Kier molecular flexibility index (Phi) is 5.45. The Morgan fingerprint density at radius 3 is 2.46 bits per heavy atom. The Bertz CT molecular complexity index is 687. The third kappa shape index (κ3) is 3.81. The zero-order valence-electron chi connectivity index (χ0n) is 14.6. The summed E-state index contributed by atoms with van der Waals surface area (Å²) in [5.41, 5.74) is 1.15. The van der Waals surface area contributed by atoms with Crippen LogP contribution in [0.5, 0.6) is 0 Å². The van der Waals surface area contributed by atoms with Gasteiger partial charge in [-0.25, -0.2) is 14.4 Å². The van der Waals surface area contributed by atoms with Crippen LogP contribution in [0, 0.1) is 0 Å². The van der Waals surface area contributed by atoms with Crippen LogP contribution in [0.3, 0.4) is 0 Å². The van der Waals surface area contributed by atoms with Gasteiger partial charge >= 0.3 is 18.2 Å². The molecule has 2 fully saturated rings. The Morgan fingerprint density at radius 1 is 1.12 bits per heavy atom. The molecule has 2 saturated heterocycles. The molecule has 0 aromatic heterocycles. The minimum absolute atomic E-state index is 0.270. The first-order valence-corrected chi connectivity index (χ1v) is 8.61. The monoisotopic (exact) mass is 362 g/mol. The maximum atomic E-state index is 12.6. The van der Waals surface area contributed by atoms with Crippen molar-refractivity contribution in [2.75, 3.05) is 56.2 Å². The minimum Gasteiger partial charge on any atom is -0.450 e. The van der Waals surface area contributed by atoms with Crippen LogP contribution < -0.4 is 10.2 Å².